The van der Waals surface area contributed by atoms with Crippen LogP contribution in [0.2, 0.25) is 0 Å². The normalized spacial score (nSPS) is 27.5. The van der Waals surface area contributed by atoms with Crippen LogP contribution < -0.4 is 10.6 Å². The molecule has 86 valence electrons. The molecule has 1 atom stereocenters. The minimum absolute atomic E-state index is 0.0497. The summed E-state index contributed by atoms with van der Waals surface area (Å²) in [6.07, 6.45) is 1.25. The van der Waals surface area contributed by atoms with Crippen molar-refractivity contribution < 1.29 is 9.53 Å². The number of hydrogen-bond acceptors (Lipinski definition) is 3. The number of nitrogens with zero attached hydrogens (tertiary/aromatic N) is 1. The lowest BCUT2D eigenvalue weighted by Crippen LogP contribution is -2.54. The van der Waals surface area contributed by atoms with Crippen LogP contribution in [0.15, 0.2) is 0 Å². The lowest BCUT2D eigenvalue weighted by atomic mass is 9.80. The second-order valence-electron chi connectivity index (χ2n) is 4.82. The summed E-state index contributed by atoms with van der Waals surface area (Å²) in [5.74, 6) is 0. The van der Waals surface area contributed by atoms with Gasteiger partial charge in [0.15, 0.2) is 0 Å². The zero-order chi connectivity index (χ0) is 10.9. The fourth-order valence-corrected chi connectivity index (χ4v) is 2.11. The summed E-state index contributed by atoms with van der Waals surface area (Å²) in [4.78, 5) is 12.8. The van der Waals surface area contributed by atoms with Crippen molar-refractivity contribution in [1.29, 1.82) is 0 Å². The zero-order valence-electron chi connectivity index (χ0n) is 9.38. The lowest BCUT2D eigenvalue weighted by Gasteiger charge is -2.37. The fraction of sp³-hybridized carbons (Fsp3) is 0.900. The molecule has 5 heteroatoms. The van der Waals surface area contributed by atoms with E-state index in [1.54, 1.807) is 14.1 Å². The quantitative estimate of drug-likeness (QED) is 0.658. The molecule has 2 amide bonds. The maximum Gasteiger partial charge on any atom is 0.316 e. The molecule has 2 heterocycles. The molecule has 2 N–H and O–H groups in total. The van der Waals surface area contributed by atoms with Crippen molar-refractivity contribution in [2.75, 3.05) is 40.3 Å². The van der Waals surface area contributed by atoms with Crippen LogP contribution in [0.3, 0.4) is 0 Å². The van der Waals surface area contributed by atoms with Gasteiger partial charge in [-0.05, 0) is 6.42 Å². The summed E-state index contributed by atoms with van der Waals surface area (Å²) < 4.78 is 5.67. The summed E-state index contributed by atoms with van der Waals surface area (Å²) in [7, 11) is 3.48. The van der Waals surface area contributed by atoms with Crippen molar-refractivity contribution in [2.24, 2.45) is 5.41 Å². The third kappa shape index (κ3) is 2.23. The van der Waals surface area contributed by atoms with E-state index in [0.717, 1.165) is 26.1 Å². The molecular weight excluding hydrogens is 194 g/mol. The van der Waals surface area contributed by atoms with Crippen molar-refractivity contribution in [3.05, 3.63) is 0 Å². The van der Waals surface area contributed by atoms with E-state index in [9.17, 15) is 4.79 Å². The Hall–Kier alpha value is -0.810. The highest BCUT2D eigenvalue weighted by Crippen LogP contribution is 2.35. The van der Waals surface area contributed by atoms with Gasteiger partial charge in [0, 0.05) is 39.1 Å². The van der Waals surface area contributed by atoms with Crippen LogP contribution in [-0.2, 0) is 4.74 Å². The molecule has 2 saturated heterocycles. The van der Waals surface area contributed by atoms with Crippen molar-refractivity contribution >= 4 is 6.03 Å². The van der Waals surface area contributed by atoms with Gasteiger partial charge in [-0.1, -0.05) is 0 Å². The molecule has 0 bridgehead atoms. The molecule has 2 aliphatic rings. The summed E-state index contributed by atoms with van der Waals surface area (Å²) in [5, 5.41) is 6.12. The first kappa shape index (κ1) is 10.7. The van der Waals surface area contributed by atoms with Gasteiger partial charge >= 0.3 is 6.03 Å². The predicted molar refractivity (Wildman–Crippen MR) is 56.7 cm³/mol. The first-order valence-corrected chi connectivity index (χ1v) is 5.39. The summed E-state index contributed by atoms with van der Waals surface area (Å²) in [5.41, 5.74) is 0.369. The van der Waals surface area contributed by atoms with Crippen LogP contribution in [0.1, 0.15) is 6.42 Å². The van der Waals surface area contributed by atoms with Crippen LogP contribution in [0, 0.1) is 5.41 Å². The minimum Gasteiger partial charge on any atom is -0.376 e. The van der Waals surface area contributed by atoms with E-state index < -0.39 is 0 Å². The van der Waals surface area contributed by atoms with E-state index >= 15 is 0 Å². The van der Waals surface area contributed by atoms with Crippen molar-refractivity contribution in [1.82, 2.24) is 15.5 Å². The van der Waals surface area contributed by atoms with E-state index in [2.05, 4.69) is 10.6 Å². The maximum absolute atomic E-state index is 11.3. The number of hydrogen-bond donors (Lipinski definition) is 2. The summed E-state index contributed by atoms with van der Waals surface area (Å²) >= 11 is 0. The summed E-state index contributed by atoms with van der Waals surface area (Å²) in [6, 6.07) is -0.0497. The van der Waals surface area contributed by atoms with Gasteiger partial charge in [-0.25, -0.2) is 4.79 Å². The standard InChI is InChI=1S/C10H19N3O2/c1-13(2)9(14)12-4-8-3-10(7-15-8)5-11-6-10/h8,11H,3-7H2,1-2H3,(H,12,14). The van der Waals surface area contributed by atoms with E-state index in [0.29, 0.717) is 12.0 Å². The second kappa shape index (κ2) is 3.98. The number of nitrogens with one attached hydrogen (secondary N) is 2. The fourth-order valence-electron chi connectivity index (χ4n) is 2.11. The number of rotatable bonds is 2. The highest BCUT2D eigenvalue weighted by Gasteiger charge is 2.44. The third-order valence-electron chi connectivity index (χ3n) is 3.17. The SMILES string of the molecule is CN(C)C(=O)NCC1CC2(CNC2)CO1. The molecule has 2 fully saturated rings. The van der Waals surface area contributed by atoms with Gasteiger partial charge in [0.05, 0.1) is 12.7 Å². The topological polar surface area (TPSA) is 53.6 Å². The molecule has 0 aromatic heterocycles. The van der Waals surface area contributed by atoms with E-state index in [4.69, 9.17) is 4.74 Å². The van der Waals surface area contributed by atoms with Crippen molar-refractivity contribution in [2.45, 2.75) is 12.5 Å². The summed E-state index contributed by atoms with van der Waals surface area (Å²) in [6.45, 7) is 3.58. The molecule has 2 aliphatic heterocycles. The Kier molecular flexibility index (Phi) is 2.84. The Labute approximate surface area is 90.1 Å². The number of ether oxygens (including phenoxy) is 1. The average molecular weight is 213 g/mol. The molecule has 1 spiro atoms. The number of carbonyl (C=O) groups is 1. The average Bonchev–Trinajstić information content (AvgIpc) is 2.57. The molecule has 15 heavy (non-hydrogen) atoms. The molecule has 0 aliphatic carbocycles. The smallest absolute Gasteiger partial charge is 0.316 e. The van der Waals surface area contributed by atoms with Crippen LogP contribution in [0.25, 0.3) is 0 Å². The number of amides is 2. The van der Waals surface area contributed by atoms with E-state index in [-0.39, 0.29) is 12.1 Å². The van der Waals surface area contributed by atoms with Gasteiger partial charge < -0.3 is 20.3 Å². The number of urea groups is 1. The Morgan fingerprint density at radius 2 is 2.33 bits per heavy atom. The highest BCUT2D eigenvalue weighted by molar-refractivity contribution is 5.73. The number of carbonyl (C=O) groups excluding carboxylic acids is 1. The molecule has 0 radical (unpaired) electrons. The molecule has 1 unspecified atom stereocenters. The van der Waals surface area contributed by atoms with Crippen LogP contribution in [0.4, 0.5) is 4.79 Å². The van der Waals surface area contributed by atoms with E-state index in [1.807, 2.05) is 0 Å². The van der Waals surface area contributed by atoms with E-state index in [1.165, 1.54) is 4.90 Å². The first-order chi connectivity index (χ1) is 7.11. The largest absolute Gasteiger partial charge is 0.376 e. The Balaban J connectivity index is 1.71. The minimum atomic E-state index is -0.0497. The third-order valence-corrected chi connectivity index (χ3v) is 3.17. The molecule has 5 nitrogen and oxygen atoms in total. The first-order valence-electron chi connectivity index (χ1n) is 5.39. The van der Waals surface area contributed by atoms with Gasteiger partial charge in [-0.15, -0.1) is 0 Å². The van der Waals surface area contributed by atoms with Crippen LogP contribution in [0.5, 0.6) is 0 Å². The highest BCUT2D eigenvalue weighted by atomic mass is 16.5. The predicted octanol–water partition coefficient (Wildman–Crippen LogP) is -0.364. The van der Waals surface area contributed by atoms with Crippen molar-refractivity contribution in [3.8, 4) is 0 Å². The van der Waals surface area contributed by atoms with Gasteiger partial charge in [0.25, 0.3) is 0 Å². The Morgan fingerprint density at radius 3 is 2.80 bits per heavy atom. The van der Waals surface area contributed by atoms with Gasteiger partial charge in [-0.2, -0.15) is 0 Å². The monoisotopic (exact) mass is 213 g/mol. The van der Waals surface area contributed by atoms with Crippen LogP contribution in [-0.4, -0.2) is 57.4 Å². The lowest BCUT2D eigenvalue weighted by molar-refractivity contribution is 0.0797. The van der Waals surface area contributed by atoms with Gasteiger partial charge in [-0.3, -0.25) is 0 Å². The molecule has 0 saturated carbocycles. The second-order valence-corrected chi connectivity index (χ2v) is 4.82. The molecule has 2 rings (SSSR count). The molecule has 0 aromatic rings. The Morgan fingerprint density at radius 1 is 1.60 bits per heavy atom. The zero-order valence-corrected chi connectivity index (χ0v) is 9.38. The Bertz CT molecular complexity index is 251. The van der Waals surface area contributed by atoms with Crippen molar-refractivity contribution in [3.63, 3.8) is 0 Å². The van der Waals surface area contributed by atoms with Gasteiger partial charge in [0.1, 0.15) is 0 Å². The maximum atomic E-state index is 11.3. The molecular formula is C10H19N3O2. The molecule has 0 aromatic carbocycles. The van der Waals surface area contributed by atoms with Gasteiger partial charge in [0.2, 0.25) is 0 Å². The van der Waals surface area contributed by atoms with Crippen LogP contribution >= 0.6 is 0 Å².